The third-order valence-electron chi connectivity index (χ3n) is 3.04. The fraction of sp³-hybridized carbons (Fsp3) is 0.571. The minimum atomic E-state index is -0.292. The number of rotatable bonds is 5. The maximum absolute atomic E-state index is 10.0. The standard InChI is InChI=1S/C14H21ClO/c1-4-5-11(3)14(16)9-12-7-6-10(2)8-13(12)15/h6-8,11,14,16H,4-5,9H2,1-3H3. The van der Waals surface area contributed by atoms with Crippen molar-refractivity contribution < 1.29 is 5.11 Å². The Morgan fingerprint density at radius 1 is 1.38 bits per heavy atom. The average Bonchev–Trinajstić information content (AvgIpc) is 2.22. The molecule has 0 heterocycles. The molecule has 2 atom stereocenters. The molecule has 1 aromatic carbocycles. The quantitative estimate of drug-likeness (QED) is 0.825. The van der Waals surface area contributed by atoms with Crippen molar-refractivity contribution in [1.29, 1.82) is 0 Å². The van der Waals surface area contributed by atoms with Crippen molar-refractivity contribution in [2.24, 2.45) is 5.92 Å². The molecule has 0 aliphatic heterocycles. The molecule has 1 nitrogen and oxygen atoms in total. The van der Waals surface area contributed by atoms with Crippen LogP contribution in [0.5, 0.6) is 0 Å². The van der Waals surface area contributed by atoms with Gasteiger partial charge in [-0.3, -0.25) is 0 Å². The molecule has 0 fully saturated rings. The summed E-state index contributed by atoms with van der Waals surface area (Å²) in [6, 6.07) is 6.01. The molecule has 1 rings (SSSR count). The van der Waals surface area contributed by atoms with Crippen LogP contribution in [0.3, 0.4) is 0 Å². The van der Waals surface area contributed by atoms with E-state index in [1.165, 1.54) is 0 Å². The molecule has 0 spiro atoms. The first-order valence-electron chi connectivity index (χ1n) is 5.97. The highest BCUT2D eigenvalue weighted by Gasteiger charge is 2.15. The van der Waals surface area contributed by atoms with Gasteiger partial charge in [0.1, 0.15) is 0 Å². The van der Waals surface area contributed by atoms with Gasteiger partial charge in [0.2, 0.25) is 0 Å². The van der Waals surface area contributed by atoms with E-state index >= 15 is 0 Å². The van der Waals surface area contributed by atoms with E-state index in [0.29, 0.717) is 12.3 Å². The summed E-state index contributed by atoms with van der Waals surface area (Å²) in [6.07, 6.45) is 2.53. The van der Waals surface area contributed by atoms with Gasteiger partial charge in [0.25, 0.3) is 0 Å². The van der Waals surface area contributed by atoms with Crippen LogP contribution < -0.4 is 0 Å². The summed E-state index contributed by atoms with van der Waals surface area (Å²) in [5, 5.41) is 10.8. The van der Waals surface area contributed by atoms with Crippen LogP contribution in [0.25, 0.3) is 0 Å². The van der Waals surface area contributed by atoms with Gasteiger partial charge >= 0.3 is 0 Å². The lowest BCUT2D eigenvalue weighted by Gasteiger charge is -2.18. The van der Waals surface area contributed by atoms with E-state index in [9.17, 15) is 5.11 Å². The van der Waals surface area contributed by atoms with Crippen LogP contribution in [-0.2, 0) is 6.42 Å². The number of halogens is 1. The maximum Gasteiger partial charge on any atom is 0.0606 e. The Bertz CT molecular complexity index is 336. The van der Waals surface area contributed by atoms with Gasteiger partial charge in [-0.1, -0.05) is 44.0 Å². The molecule has 0 aromatic heterocycles. The molecule has 0 aliphatic rings. The number of aliphatic hydroxyl groups excluding tert-OH is 1. The van der Waals surface area contributed by atoms with E-state index in [2.05, 4.69) is 13.8 Å². The van der Waals surface area contributed by atoms with Gasteiger partial charge < -0.3 is 5.11 Å². The first kappa shape index (κ1) is 13.5. The normalized spacial score (nSPS) is 14.8. The van der Waals surface area contributed by atoms with Crippen LogP contribution in [0.4, 0.5) is 0 Å². The van der Waals surface area contributed by atoms with Crippen molar-refractivity contribution in [3.63, 3.8) is 0 Å². The van der Waals surface area contributed by atoms with Crippen molar-refractivity contribution in [3.05, 3.63) is 34.3 Å². The number of aliphatic hydroxyl groups is 1. The van der Waals surface area contributed by atoms with E-state index in [1.54, 1.807) is 0 Å². The Morgan fingerprint density at radius 2 is 2.06 bits per heavy atom. The molecule has 0 aliphatic carbocycles. The van der Waals surface area contributed by atoms with Gasteiger partial charge in [-0.15, -0.1) is 0 Å². The average molecular weight is 241 g/mol. The number of benzene rings is 1. The molecule has 0 saturated heterocycles. The largest absolute Gasteiger partial charge is 0.393 e. The summed E-state index contributed by atoms with van der Waals surface area (Å²) in [5.41, 5.74) is 2.20. The zero-order valence-corrected chi connectivity index (χ0v) is 11.1. The van der Waals surface area contributed by atoms with Crippen LogP contribution >= 0.6 is 11.6 Å². The van der Waals surface area contributed by atoms with Crippen LogP contribution in [0.15, 0.2) is 18.2 Å². The monoisotopic (exact) mass is 240 g/mol. The van der Waals surface area contributed by atoms with Crippen LogP contribution in [0, 0.1) is 12.8 Å². The molecular weight excluding hydrogens is 220 g/mol. The van der Waals surface area contributed by atoms with E-state index in [0.717, 1.165) is 29.0 Å². The van der Waals surface area contributed by atoms with Crippen LogP contribution in [0.1, 0.15) is 37.8 Å². The number of aryl methyl sites for hydroxylation is 1. The van der Waals surface area contributed by atoms with E-state index in [4.69, 9.17) is 11.6 Å². The minimum Gasteiger partial charge on any atom is -0.393 e. The van der Waals surface area contributed by atoms with Gasteiger partial charge in [-0.05, 0) is 36.5 Å². The van der Waals surface area contributed by atoms with Gasteiger partial charge in [-0.2, -0.15) is 0 Å². The molecule has 1 N–H and O–H groups in total. The third kappa shape index (κ3) is 3.80. The second kappa shape index (κ2) is 6.27. The summed E-state index contributed by atoms with van der Waals surface area (Å²) < 4.78 is 0. The molecule has 0 radical (unpaired) electrons. The molecule has 2 unspecified atom stereocenters. The smallest absolute Gasteiger partial charge is 0.0606 e. The molecule has 0 bridgehead atoms. The Hall–Kier alpha value is -0.530. The minimum absolute atomic E-state index is 0.292. The molecule has 2 heteroatoms. The first-order valence-corrected chi connectivity index (χ1v) is 6.35. The first-order chi connectivity index (χ1) is 7.54. The predicted molar refractivity (Wildman–Crippen MR) is 70.0 cm³/mol. The topological polar surface area (TPSA) is 20.2 Å². The van der Waals surface area contributed by atoms with E-state index in [1.807, 2.05) is 25.1 Å². The Morgan fingerprint density at radius 3 is 2.62 bits per heavy atom. The Labute approximate surface area is 103 Å². The molecule has 16 heavy (non-hydrogen) atoms. The molecular formula is C14H21ClO. The third-order valence-corrected chi connectivity index (χ3v) is 3.39. The summed E-state index contributed by atoms with van der Waals surface area (Å²) in [4.78, 5) is 0. The van der Waals surface area contributed by atoms with Gasteiger partial charge in [0, 0.05) is 11.4 Å². The second-order valence-corrected chi connectivity index (χ2v) is 5.04. The molecule has 90 valence electrons. The molecule has 0 amide bonds. The Balaban J connectivity index is 2.65. The van der Waals surface area contributed by atoms with Gasteiger partial charge in [0.05, 0.1) is 6.10 Å². The summed E-state index contributed by atoms with van der Waals surface area (Å²) in [6.45, 7) is 6.25. The van der Waals surface area contributed by atoms with Gasteiger partial charge in [-0.25, -0.2) is 0 Å². The fourth-order valence-corrected chi connectivity index (χ4v) is 2.20. The summed E-state index contributed by atoms with van der Waals surface area (Å²) in [7, 11) is 0. The van der Waals surface area contributed by atoms with Crippen LogP contribution in [-0.4, -0.2) is 11.2 Å². The zero-order chi connectivity index (χ0) is 12.1. The van der Waals surface area contributed by atoms with Crippen molar-refractivity contribution in [2.75, 3.05) is 0 Å². The lowest BCUT2D eigenvalue weighted by atomic mass is 9.94. The van der Waals surface area contributed by atoms with E-state index < -0.39 is 0 Å². The zero-order valence-electron chi connectivity index (χ0n) is 10.3. The van der Waals surface area contributed by atoms with E-state index in [-0.39, 0.29) is 6.10 Å². The summed E-state index contributed by atoms with van der Waals surface area (Å²) in [5.74, 6) is 0.336. The van der Waals surface area contributed by atoms with Crippen molar-refractivity contribution in [1.82, 2.24) is 0 Å². The Kier molecular flexibility index (Phi) is 5.30. The van der Waals surface area contributed by atoms with Crippen molar-refractivity contribution in [3.8, 4) is 0 Å². The fourth-order valence-electron chi connectivity index (χ4n) is 1.89. The lowest BCUT2D eigenvalue weighted by Crippen LogP contribution is -2.20. The van der Waals surface area contributed by atoms with Gasteiger partial charge in [0.15, 0.2) is 0 Å². The number of hydrogen-bond acceptors (Lipinski definition) is 1. The predicted octanol–water partition coefficient (Wildman–Crippen LogP) is 3.99. The molecule has 0 saturated carbocycles. The number of hydrogen-bond donors (Lipinski definition) is 1. The highest BCUT2D eigenvalue weighted by molar-refractivity contribution is 6.31. The lowest BCUT2D eigenvalue weighted by molar-refractivity contribution is 0.111. The maximum atomic E-state index is 10.0. The highest BCUT2D eigenvalue weighted by Crippen LogP contribution is 2.22. The van der Waals surface area contributed by atoms with Crippen molar-refractivity contribution in [2.45, 2.75) is 46.1 Å². The summed E-state index contributed by atoms with van der Waals surface area (Å²) >= 11 is 6.14. The van der Waals surface area contributed by atoms with Crippen LogP contribution in [0.2, 0.25) is 5.02 Å². The van der Waals surface area contributed by atoms with Crippen molar-refractivity contribution >= 4 is 11.6 Å². The second-order valence-electron chi connectivity index (χ2n) is 4.63. The SMILES string of the molecule is CCCC(C)C(O)Cc1ccc(C)cc1Cl. The molecule has 1 aromatic rings. The highest BCUT2D eigenvalue weighted by atomic mass is 35.5.